The standard InChI is InChI=1S/C22H22N4O2/c1-28-17-9-4-6-15(12-17)14-23-26-22(27)21-13-20(24-25-21)19-11-5-8-16-7-2-3-10-18(16)19/h2-12,14,20-21,24-25H,13H2,1H3,(H,26,27)/b23-14+. The number of benzene rings is 3. The molecule has 3 N–H and O–H groups in total. The van der Waals surface area contributed by atoms with Crippen molar-refractivity contribution in [2.45, 2.75) is 18.5 Å². The van der Waals surface area contributed by atoms with Crippen LogP contribution in [0.5, 0.6) is 5.75 Å². The number of hydrazone groups is 1. The van der Waals surface area contributed by atoms with Crippen molar-refractivity contribution in [1.29, 1.82) is 0 Å². The third kappa shape index (κ3) is 3.88. The van der Waals surface area contributed by atoms with Crippen molar-refractivity contribution in [2.75, 3.05) is 7.11 Å². The number of hydrogen-bond acceptors (Lipinski definition) is 5. The van der Waals surface area contributed by atoms with Crippen LogP contribution >= 0.6 is 0 Å². The number of hydrogen-bond donors (Lipinski definition) is 3. The van der Waals surface area contributed by atoms with E-state index < -0.39 is 0 Å². The number of nitrogens with zero attached hydrogens (tertiary/aromatic N) is 1. The smallest absolute Gasteiger partial charge is 0.258 e. The van der Waals surface area contributed by atoms with E-state index >= 15 is 0 Å². The average Bonchev–Trinajstić information content (AvgIpc) is 3.23. The van der Waals surface area contributed by atoms with Gasteiger partial charge in [0.05, 0.1) is 13.3 Å². The van der Waals surface area contributed by atoms with E-state index in [0.29, 0.717) is 6.42 Å². The van der Waals surface area contributed by atoms with E-state index in [1.165, 1.54) is 16.3 Å². The van der Waals surface area contributed by atoms with Crippen molar-refractivity contribution >= 4 is 22.9 Å². The summed E-state index contributed by atoms with van der Waals surface area (Å²) >= 11 is 0. The van der Waals surface area contributed by atoms with Gasteiger partial charge in [-0.3, -0.25) is 4.79 Å². The second-order valence-corrected chi connectivity index (χ2v) is 6.71. The summed E-state index contributed by atoms with van der Waals surface area (Å²) < 4.78 is 5.18. The van der Waals surface area contributed by atoms with Gasteiger partial charge in [-0.05, 0) is 40.5 Å². The molecule has 0 bridgehead atoms. The van der Waals surface area contributed by atoms with Gasteiger partial charge in [-0.2, -0.15) is 5.10 Å². The van der Waals surface area contributed by atoms with Crippen LogP contribution in [0.25, 0.3) is 10.8 Å². The Morgan fingerprint density at radius 2 is 1.93 bits per heavy atom. The predicted octanol–water partition coefficient (Wildman–Crippen LogP) is 2.91. The van der Waals surface area contributed by atoms with Crippen molar-refractivity contribution in [3.8, 4) is 5.75 Å². The molecule has 0 saturated carbocycles. The maximum Gasteiger partial charge on any atom is 0.258 e. The van der Waals surface area contributed by atoms with Gasteiger partial charge >= 0.3 is 0 Å². The van der Waals surface area contributed by atoms with Crippen LogP contribution in [0.15, 0.2) is 71.8 Å². The molecule has 1 aliphatic heterocycles. The lowest BCUT2D eigenvalue weighted by atomic mass is 9.96. The van der Waals surface area contributed by atoms with E-state index in [2.05, 4.69) is 45.6 Å². The number of hydrazine groups is 1. The lowest BCUT2D eigenvalue weighted by molar-refractivity contribution is -0.122. The maximum atomic E-state index is 12.4. The number of carbonyl (C=O) groups excluding carboxylic acids is 1. The first kappa shape index (κ1) is 18.2. The highest BCUT2D eigenvalue weighted by molar-refractivity contribution is 5.87. The third-order valence-corrected chi connectivity index (χ3v) is 4.90. The van der Waals surface area contributed by atoms with Gasteiger partial charge in [-0.15, -0.1) is 0 Å². The molecular weight excluding hydrogens is 352 g/mol. The van der Waals surface area contributed by atoms with Gasteiger partial charge in [0, 0.05) is 6.04 Å². The van der Waals surface area contributed by atoms with Gasteiger partial charge in [0.25, 0.3) is 5.91 Å². The van der Waals surface area contributed by atoms with E-state index in [-0.39, 0.29) is 18.0 Å². The number of rotatable bonds is 5. The molecule has 1 saturated heterocycles. The number of ether oxygens (including phenoxy) is 1. The number of nitrogens with one attached hydrogen (secondary N) is 3. The fraction of sp³-hybridized carbons (Fsp3) is 0.182. The van der Waals surface area contributed by atoms with E-state index in [9.17, 15) is 4.79 Å². The van der Waals surface area contributed by atoms with Crippen molar-refractivity contribution in [3.05, 3.63) is 77.9 Å². The van der Waals surface area contributed by atoms with Gasteiger partial charge in [-0.25, -0.2) is 16.3 Å². The Morgan fingerprint density at radius 1 is 1.11 bits per heavy atom. The van der Waals surface area contributed by atoms with Crippen LogP contribution in [-0.2, 0) is 4.79 Å². The highest BCUT2D eigenvalue weighted by atomic mass is 16.5. The largest absolute Gasteiger partial charge is 0.497 e. The van der Waals surface area contributed by atoms with Crippen LogP contribution in [0.1, 0.15) is 23.6 Å². The minimum Gasteiger partial charge on any atom is -0.497 e. The molecule has 6 heteroatoms. The number of amides is 1. The third-order valence-electron chi connectivity index (χ3n) is 4.90. The highest BCUT2D eigenvalue weighted by Gasteiger charge is 2.30. The van der Waals surface area contributed by atoms with Gasteiger partial charge in [0.15, 0.2) is 0 Å². The van der Waals surface area contributed by atoms with E-state index in [1.54, 1.807) is 13.3 Å². The summed E-state index contributed by atoms with van der Waals surface area (Å²) in [5.41, 5.74) is 11.0. The van der Waals surface area contributed by atoms with Crippen LogP contribution in [0.4, 0.5) is 0 Å². The molecule has 0 spiro atoms. The minimum absolute atomic E-state index is 0.0595. The Balaban J connectivity index is 1.39. The molecule has 2 atom stereocenters. The zero-order valence-electron chi connectivity index (χ0n) is 15.6. The van der Waals surface area contributed by atoms with Crippen LogP contribution in [0.2, 0.25) is 0 Å². The van der Waals surface area contributed by atoms with E-state index in [4.69, 9.17) is 4.74 Å². The lowest BCUT2D eigenvalue weighted by Gasteiger charge is -2.13. The summed E-state index contributed by atoms with van der Waals surface area (Å²) in [7, 11) is 1.61. The molecule has 0 aromatic heterocycles. The topological polar surface area (TPSA) is 74.8 Å². The molecular formula is C22H22N4O2. The Kier molecular flexibility index (Phi) is 5.32. The molecule has 0 radical (unpaired) electrons. The molecule has 6 nitrogen and oxygen atoms in total. The molecule has 4 rings (SSSR count). The molecule has 3 aromatic rings. The number of carbonyl (C=O) groups is 1. The molecule has 3 aromatic carbocycles. The Hall–Kier alpha value is -3.22. The highest BCUT2D eigenvalue weighted by Crippen LogP contribution is 2.29. The van der Waals surface area contributed by atoms with E-state index in [0.717, 1.165) is 11.3 Å². The Morgan fingerprint density at radius 3 is 2.82 bits per heavy atom. The van der Waals surface area contributed by atoms with Crippen LogP contribution in [0.3, 0.4) is 0 Å². The maximum absolute atomic E-state index is 12.4. The van der Waals surface area contributed by atoms with Crippen LogP contribution < -0.4 is 21.0 Å². The minimum atomic E-state index is -0.355. The monoisotopic (exact) mass is 374 g/mol. The fourth-order valence-electron chi connectivity index (χ4n) is 3.46. The summed E-state index contributed by atoms with van der Waals surface area (Å²) in [5, 5.41) is 6.45. The molecule has 28 heavy (non-hydrogen) atoms. The second kappa shape index (κ2) is 8.21. The zero-order chi connectivity index (χ0) is 19.3. The summed E-state index contributed by atoms with van der Waals surface area (Å²) in [5.74, 6) is 0.573. The first-order valence-electron chi connectivity index (χ1n) is 9.20. The summed E-state index contributed by atoms with van der Waals surface area (Å²) in [6, 6.07) is 21.7. The number of fused-ring (bicyclic) bond motifs is 1. The Labute approximate surface area is 163 Å². The molecule has 0 aliphatic carbocycles. The molecule has 1 heterocycles. The molecule has 1 aliphatic rings. The molecule has 2 unspecified atom stereocenters. The zero-order valence-corrected chi connectivity index (χ0v) is 15.6. The Bertz CT molecular complexity index is 1010. The fourth-order valence-corrected chi connectivity index (χ4v) is 3.46. The summed E-state index contributed by atoms with van der Waals surface area (Å²) in [6.07, 6.45) is 2.25. The summed E-state index contributed by atoms with van der Waals surface area (Å²) in [4.78, 5) is 12.4. The van der Waals surface area contributed by atoms with Gasteiger partial charge < -0.3 is 4.74 Å². The van der Waals surface area contributed by atoms with Crippen LogP contribution in [0, 0.1) is 0 Å². The summed E-state index contributed by atoms with van der Waals surface area (Å²) in [6.45, 7) is 0. The molecule has 142 valence electrons. The first-order chi connectivity index (χ1) is 13.7. The molecule has 1 amide bonds. The predicted molar refractivity (Wildman–Crippen MR) is 110 cm³/mol. The van der Waals surface area contributed by atoms with Crippen molar-refractivity contribution < 1.29 is 9.53 Å². The lowest BCUT2D eigenvalue weighted by Crippen LogP contribution is -2.41. The van der Waals surface area contributed by atoms with Crippen molar-refractivity contribution in [1.82, 2.24) is 16.3 Å². The van der Waals surface area contributed by atoms with E-state index in [1.807, 2.05) is 42.5 Å². The van der Waals surface area contributed by atoms with Crippen LogP contribution in [-0.4, -0.2) is 25.3 Å². The molecule has 1 fully saturated rings. The SMILES string of the molecule is COc1cccc(/C=N/NC(=O)C2CC(c3cccc4ccccc34)NN2)c1. The van der Waals surface area contributed by atoms with Gasteiger partial charge in [-0.1, -0.05) is 54.6 Å². The normalized spacial score (nSPS) is 19.2. The first-order valence-corrected chi connectivity index (χ1v) is 9.20. The van der Waals surface area contributed by atoms with Gasteiger partial charge in [0.2, 0.25) is 0 Å². The average molecular weight is 374 g/mol. The quantitative estimate of drug-likeness (QED) is 0.474. The second-order valence-electron chi connectivity index (χ2n) is 6.71. The number of methoxy groups -OCH3 is 1. The van der Waals surface area contributed by atoms with Gasteiger partial charge in [0.1, 0.15) is 11.8 Å². The van der Waals surface area contributed by atoms with Crippen molar-refractivity contribution in [3.63, 3.8) is 0 Å². The van der Waals surface area contributed by atoms with Crippen molar-refractivity contribution in [2.24, 2.45) is 5.10 Å².